The van der Waals surface area contributed by atoms with Crippen LogP contribution in [0.5, 0.6) is 0 Å². The number of alkyl halides is 1. The van der Waals surface area contributed by atoms with Crippen LogP contribution in [-0.4, -0.2) is 35.3 Å². The van der Waals surface area contributed by atoms with Gasteiger partial charge in [-0.1, -0.05) is 46.3 Å². The van der Waals surface area contributed by atoms with Crippen molar-refractivity contribution in [3.63, 3.8) is 0 Å². The Morgan fingerprint density at radius 1 is 1.22 bits per heavy atom. The zero-order chi connectivity index (χ0) is 16.1. The molecule has 0 aromatic heterocycles. The highest BCUT2D eigenvalue weighted by Crippen LogP contribution is 2.60. The van der Waals surface area contributed by atoms with Gasteiger partial charge in [0.2, 0.25) is 0 Å². The molecule has 1 heterocycles. The molecule has 120 valence electrons. The summed E-state index contributed by atoms with van der Waals surface area (Å²) in [6, 6.07) is 8.70. The molecule has 0 N–H and O–H groups in total. The Morgan fingerprint density at radius 2 is 1.96 bits per heavy atom. The first-order chi connectivity index (χ1) is 11.1. The number of esters is 2. The highest BCUT2D eigenvalue weighted by molar-refractivity contribution is 9.09. The minimum atomic E-state index is -0.501. The molecular weight excluding hydrogens is 364 g/mol. The van der Waals surface area contributed by atoms with Crippen LogP contribution in [0.15, 0.2) is 30.3 Å². The highest BCUT2D eigenvalue weighted by Gasteiger charge is 2.68. The zero-order valence-corrected chi connectivity index (χ0v) is 13.8. The first kappa shape index (κ1) is 14.9. The molecule has 4 rings (SSSR count). The van der Waals surface area contributed by atoms with Crippen molar-refractivity contribution < 1.29 is 23.9 Å². The van der Waals surface area contributed by atoms with Gasteiger partial charge < -0.3 is 9.47 Å². The van der Waals surface area contributed by atoms with Crippen LogP contribution in [0, 0.1) is 23.7 Å². The van der Waals surface area contributed by atoms with Gasteiger partial charge in [-0.25, -0.2) is 0 Å². The molecule has 3 fully saturated rings. The van der Waals surface area contributed by atoms with Gasteiger partial charge in [0.25, 0.3) is 0 Å². The number of rotatable bonds is 4. The number of fused-ring (bicyclic) bond motifs is 1. The second kappa shape index (κ2) is 5.44. The third-order valence-electron chi connectivity index (χ3n) is 5.24. The van der Waals surface area contributed by atoms with Gasteiger partial charge in [-0.15, -0.1) is 0 Å². The molecule has 0 unspecified atom stereocenters. The zero-order valence-electron chi connectivity index (χ0n) is 12.2. The number of benzene rings is 1. The Bertz CT molecular complexity index is 673. The van der Waals surface area contributed by atoms with E-state index in [-0.39, 0.29) is 41.1 Å². The van der Waals surface area contributed by atoms with Crippen LogP contribution in [0.2, 0.25) is 0 Å². The van der Waals surface area contributed by atoms with Crippen LogP contribution in [0.3, 0.4) is 0 Å². The van der Waals surface area contributed by atoms with Gasteiger partial charge >= 0.3 is 11.9 Å². The lowest BCUT2D eigenvalue weighted by atomic mass is 9.80. The normalized spacial score (nSPS) is 36.8. The van der Waals surface area contributed by atoms with Crippen LogP contribution < -0.4 is 0 Å². The van der Waals surface area contributed by atoms with E-state index in [0.717, 1.165) is 6.42 Å². The molecule has 2 bridgehead atoms. The predicted molar refractivity (Wildman–Crippen MR) is 82.9 cm³/mol. The van der Waals surface area contributed by atoms with Crippen molar-refractivity contribution in [2.75, 3.05) is 6.61 Å². The lowest BCUT2D eigenvalue weighted by molar-refractivity contribution is -0.154. The first-order valence-corrected chi connectivity index (χ1v) is 8.59. The quantitative estimate of drug-likeness (QED) is 0.455. The molecule has 5 nitrogen and oxygen atoms in total. The van der Waals surface area contributed by atoms with Gasteiger partial charge in [0, 0.05) is 11.5 Å². The number of carbonyl (C=O) groups is 3. The van der Waals surface area contributed by atoms with Crippen LogP contribution in [0.25, 0.3) is 0 Å². The van der Waals surface area contributed by atoms with E-state index in [1.54, 1.807) is 24.3 Å². The fourth-order valence-corrected chi connectivity index (χ4v) is 5.28. The minimum Gasteiger partial charge on any atom is -0.461 e. The molecule has 1 aromatic rings. The lowest BCUT2D eigenvalue weighted by Crippen LogP contribution is -2.39. The lowest BCUT2D eigenvalue weighted by Gasteiger charge is -2.26. The molecule has 1 aliphatic heterocycles. The molecule has 23 heavy (non-hydrogen) atoms. The monoisotopic (exact) mass is 378 g/mol. The summed E-state index contributed by atoms with van der Waals surface area (Å²) >= 11 is 3.55. The summed E-state index contributed by atoms with van der Waals surface area (Å²) in [6.07, 6.45) is 0.677. The average Bonchev–Trinajstić information content (AvgIpc) is 3.17. The second-order valence-electron chi connectivity index (χ2n) is 6.36. The highest BCUT2D eigenvalue weighted by atomic mass is 79.9. The largest absolute Gasteiger partial charge is 0.461 e. The third-order valence-corrected chi connectivity index (χ3v) is 6.44. The number of hydrogen-bond acceptors (Lipinski definition) is 5. The molecular formula is C17H15BrO5. The number of hydrogen-bond donors (Lipinski definition) is 0. The van der Waals surface area contributed by atoms with E-state index in [0.29, 0.717) is 5.56 Å². The fraction of sp³-hybridized carbons (Fsp3) is 0.471. The third kappa shape index (κ3) is 2.23. The average molecular weight is 379 g/mol. The molecule has 3 aliphatic rings. The van der Waals surface area contributed by atoms with Crippen LogP contribution in [0.4, 0.5) is 0 Å². The molecule has 2 saturated carbocycles. The van der Waals surface area contributed by atoms with E-state index in [1.165, 1.54) is 0 Å². The Balaban J connectivity index is 1.44. The van der Waals surface area contributed by atoms with Gasteiger partial charge in [0.05, 0.1) is 16.7 Å². The summed E-state index contributed by atoms with van der Waals surface area (Å²) in [6.45, 7) is -0.297. The van der Waals surface area contributed by atoms with E-state index in [1.807, 2.05) is 6.07 Å². The van der Waals surface area contributed by atoms with Crippen LogP contribution >= 0.6 is 15.9 Å². The number of carbonyl (C=O) groups excluding carboxylic acids is 3. The van der Waals surface area contributed by atoms with E-state index in [4.69, 9.17) is 9.47 Å². The van der Waals surface area contributed by atoms with Gasteiger partial charge in [0.15, 0.2) is 12.4 Å². The Kier molecular flexibility index (Phi) is 3.52. The summed E-state index contributed by atoms with van der Waals surface area (Å²) in [5, 5.41) is 0. The summed E-state index contributed by atoms with van der Waals surface area (Å²) in [5.41, 5.74) is 0.506. The van der Waals surface area contributed by atoms with Crippen molar-refractivity contribution in [2.45, 2.75) is 17.4 Å². The standard InChI is InChI=1S/C17H15BrO5/c18-14-9-6-10-13(17(21)23-15(10)14)12(9)16(20)22-7-11(19)8-4-2-1-3-5-8/h1-5,9-10,12-15H,6-7H2/t9-,10+,12+,13-,14+,15-/m0/s1. The van der Waals surface area contributed by atoms with Gasteiger partial charge in [-0.3, -0.25) is 14.4 Å². The van der Waals surface area contributed by atoms with Crippen molar-refractivity contribution >= 4 is 33.7 Å². The summed E-state index contributed by atoms with van der Waals surface area (Å²) in [7, 11) is 0. The Morgan fingerprint density at radius 3 is 2.70 bits per heavy atom. The van der Waals surface area contributed by atoms with Crippen LogP contribution in [-0.2, 0) is 19.1 Å². The van der Waals surface area contributed by atoms with Crippen LogP contribution in [0.1, 0.15) is 16.8 Å². The number of Topliss-reactive ketones (excluding diaryl/α,β-unsaturated/α-hetero) is 1. The molecule has 0 radical (unpaired) electrons. The smallest absolute Gasteiger partial charge is 0.310 e. The summed E-state index contributed by atoms with van der Waals surface area (Å²) in [5.74, 6) is -1.78. The number of ketones is 1. The van der Waals surface area contributed by atoms with Gasteiger partial charge in [-0.05, 0) is 12.3 Å². The van der Waals surface area contributed by atoms with E-state index >= 15 is 0 Å². The SMILES string of the molecule is O=C(COC(=O)[C@@H]1[C@@H]2C[C@H]3[C@H](OC(=O)[C@@H]31)[C@@H]2Br)c1ccccc1. The summed E-state index contributed by atoms with van der Waals surface area (Å²) in [4.78, 5) is 36.5. The molecule has 0 amide bonds. The molecule has 6 heteroatoms. The van der Waals surface area contributed by atoms with E-state index < -0.39 is 17.8 Å². The first-order valence-electron chi connectivity index (χ1n) is 7.67. The molecule has 0 spiro atoms. The van der Waals surface area contributed by atoms with Gasteiger partial charge in [-0.2, -0.15) is 0 Å². The maximum Gasteiger partial charge on any atom is 0.310 e. The Labute approximate surface area is 141 Å². The molecule has 6 atom stereocenters. The maximum absolute atomic E-state index is 12.4. The molecule has 2 aliphatic carbocycles. The van der Waals surface area contributed by atoms with Crippen molar-refractivity contribution in [1.82, 2.24) is 0 Å². The van der Waals surface area contributed by atoms with E-state index in [2.05, 4.69) is 15.9 Å². The number of ether oxygens (including phenoxy) is 2. The maximum atomic E-state index is 12.4. The molecule has 1 aromatic carbocycles. The summed E-state index contributed by atoms with van der Waals surface area (Å²) < 4.78 is 10.6. The topological polar surface area (TPSA) is 69.7 Å². The van der Waals surface area contributed by atoms with Crippen molar-refractivity contribution in [1.29, 1.82) is 0 Å². The van der Waals surface area contributed by atoms with E-state index in [9.17, 15) is 14.4 Å². The van der Waals surface area contributed by atoms with Crippen molar-refractivity contribution in [2.24, 2.45) is 23.7 Å². The fourth-order valence-electron chi connectivity index (χ4n) is 4.23. The predicted octanol–water partition coefficient (Wildman–Crippen LogP) is 1.98. The van der Waals surface area contributed by atoms with Gasteiger partial charge in [0.1, 0.15) is 6.10 Å². The number of halogens is 1. The minimum absolute atomic E-state index is 0.00225. The second-order valence-corrected chi connectivity index (χ2v) is 7.42. The molecule has 1 saturated heterocycles. The Hall–Kier alpha value is -1.69. The van der Waals surface area contributed by atoms with Crippen molar-refractivity contribution in [3.8, 4) is 0 Å². The van der Waals surface area contributed by atoms with Crippen molar-refractivity contribution in [3.05, 3.63) is 35.9 Å².